The first-order valence-corrected chi connectivity index (χ1v) is 13.2. The van der Waals surface area contributed by atoms with Crippen molar-refractivity contribution in [2.75, 3.05) is 37.6 Å². The van der Waals surface area contributed by atoms with E-state index in [9.17, 15) is 9.59 Å². The summed E-state index contributed by atoms with van der Waals surface area (Å²) in [5.41, 5.74) is 7.98. The number of benzene rings is 1. The number of aromatic nitrogens is 2. The Kier molecular flexibility index (Phi) is 5.79. The number of nitrogens with one attached hydrogen (secondary N) is 1. The molecule has 0 spiro atoms. The normalized spacial score (nSPS) is 20.3. The van der Waals surface area contributed by atoms with Crippen molar-refractivity contribution in [1.82, 2.24) is 24.9 Å². The number of hydrogen-bond acceptors (Lipinski definition) is 5. The average molecular weight is 477 g/mol. The van der Waals surface area contributed by atoms with Crippen LogP contribution in [0.15, 0.2) is 12.1 Å². The Balaban J connectivity index is 1.41. The van der Waals surface area contributed by atoms with Gasteiger partial charge in [0.1, 0.15) is 0 Å². The quantitative estimate of drug-likeness (QED) is 0.722. The second kappa shape index (κ2) is 8.97. The third-order valence-electron chi connectivity index (χ3n) is 8.46. The van der Waals surface area contributed by atoms with Gasteiger partial charge in [-0.25, -0.2) is 0 Å². The monoisotopic (exact) mass is 476 g/mol. The molecular weight excluding hydrogens is 440 g/mol. The van der Waals surface area contributed by atoms with Gasteiger partial charge in [-0.05, 0) is 68.0 Å². The van der Waals surface area contributed by atoms with Gasteiger partial charge >= 0.3 is 0 Å². The topological polar surface area (TPSA) is 73.7 Å². The van der Waals surface area contributed by atoms with Crippen molar-refractivity contribution in [3.63, 3.8) is 0 Å². The lowest BCUT2D eigenvalue weighted by Crippen LogP contribution is -2.37. The van der Waals surface area contributed by atoms with Crippen molar-refractivity contribution in [2.24, 2.45) is 0 Å². The number of amides is 2. The zero-order valence-electron chi connectivity index (χ0n) is 21.0. The fourth-order valence-corrected chi connectivity index (χ4v) is 6.54. The summed E-state index contributed by atoms with van der Waals surface area (Å²) in [5, 5.41) is 8.78. The summed E-state index contributed by atoms with van der Waals surface area (Å²) in [7, 11) is 0. The van der Waals surface area contributed by atoms with Gasteiger partial charge in [0.05, 0.1) is 12.6 Å². The van der Waals surface area contributed by atoms with E-state index in [0.717, 1.165) is 77.1 Å². The largest absolute Gasteiger partial charge is 0.338 e. The fraction of sp³-hybridized carbons (Fsp3) is 0.593. The van der Waals surface area contributed by atoms with E-state index >= 15 is 0 Å². The van der Waals surface area contributed by atoms with E-state index in [4.69, 9.17) is 5.10 Å². The number of hydrogen-bond donors (Lipinski definition) is 1. The van der Waals surface area contributed by atoms with Gasteiger partial charge in [0.25, 0.3) is 0 Å². The summed E-state index contributed by atoms with van der Waals surface area (Å²) in [5.74, 6) is 1.34. The maximum Gasteiger partial charge on any atom is 0.219 e. The molecule has 1 saturated heterocycles. The highest BCUT2D eigenvalue weighted by molar-refractivity contribution is 5.76. The summed E-state index contributed by atoms with van der Waals surface area (Å²) in [6.07, 6.45) is 6.15. The van der Waals surface area contributed by atoms with Crippen LogP contribution in [0.3, 0.4) is 0 Å². The Morgan fingerprint density at radius 3 is 2.40 bits per heavy atom. The van der Waals surface area contributed by atoms with Gasteiger partial charge in [0.2, 0.25) is 11.8 Å². The van der Waals surface area contributed by atoms with Crippen LogP contribution in [0.4, 0.5) is 11.5 Å². The van der Waals surface area contributed by atoms with Crippen LogP contribution in [0.2, 0.25) is 0 Å². The molecule has 1 aromatic carbocycles. The van der Waals surface area contributed by atoms with Gasteiger partial charge < -0.3 is 20.0 Å². The number of nitrogens with zero attached hydrogens (tertiary/aromatic N) is 5. The van der Waals surface area contributed by atoms with Crippen molar-refractivity contribution < 1.29 is 9.59 Å². The van der Waals surface area contributed by atoms with Crippen molar-refractivity contribution in [1.29, 1.82) is 0 Å². The molecule has 0 aliphatic carbocycles. The summed E-state index contributed by atoms with van der Waals surface area (Å²) in [6, 6.07) is 4.89. The highest BCUT2D eigenvalue weighted by atomic mass is 16.2. The van der Waals surface area contributed by atoms with E-state index in [0.29, 0.717) is 19.1 Å². The second-order valence-corrected chi connectivity index (χ2v) is 10.5. The van der Waals surface area contributed by atoms with Gasteiger partial charge in [-0.2, -0.15) is 5.10 Å². The summed E-state index contributed by atoms with van der Waals surface area (Å²) >= 11 is 0. The summed E-state index contributed by atoms with van der Waals surface area (Å²) in [6.45, 7) is 9.28. The predicted molar refractivity (Wildman–Crippen MR) is 135 cm³/mol. The first-order chi connectivity index (χ1) is 17.0. The molecule has 1 fully saturated rings. The molecule has 2 amide bonds. The van der Waals surface area contributed by atoms with E-state index in [1.807, 2.05) is 9.80 Å². The van der Waals surface area contributed by atoms with Crippen LogP contribution in [0, 0.1) is 0 Å². The molecule has 0 bridgehead atoms. The molecule has 4 aliphatic rings. The molecule has 0 atom stereocenters. The van der Waals surface area contributed by atoms with Crippen molar-refractivity contribution in [3.05, 3.63) is 40.1 Å². The lowest BCUT2D eigenvalue weighted by Gasteiger charge is -2.36. The molecule has 0 unspecified atom stereocenters. The Morgan fingerprint density at radius 2 is 1.63 bits per heavy atom. The van der Waals surface area contributed by atoms with Crippen LogP contribution < -0.4 is 10.2 Å². The highest BCUT2D eigenvalue weighted by Crippen LogP contribution is 2.41. The van der Waals surface area contributed by atoms with E-state index in [1.54, 1.807) is 13.8 Å². The molecule has 0 radical (unpaired) electrons. The number of carbonyl (C=O) groups excluding carboxylic acids is 2. The second-order valence-electron chi connectivity index (χ2n) is 10.5. The number of piperidine rings is 1. The Bertz CT molecular complexity index is 1160. The Hall–Kier alpha value is -2.87. The van der Waals surface area contributed by atoms with E-state index in [-0.39, 0.29) is 11.8 Å². The summed E-state index contributed by atoms with van der Waals surface area (Å²) < 4.78 is 2.32. The van der Waals surface area contributed by atoms with Crippen LogP contribution in [-0.2, 0) is 41.9 Å². The van der Waals surface area contributed by atoms with Crippen LogP contribution in [0.1, 0.15) is 67.1 Å². The summed E-state index contributed by atoms with van der Waals surface area (Å²) in [4.78, 5) is 30.6. The first kappa shape index (κ1) is 22.6. The molecule has 1 aromatic heterocycles. The van der Waals surface area contributed by atoms with Gasteiger partial charge in [0.15, 0.2) is 5.82 Å². The zero-order valence-corrected chi connectivity index (χ0v) is 21.0. The lowest BCUT2D eigenvalue weighted by atomic mass is 9.88. The third-order valence-corrected chi connectivity index (χ3v) is 8.46. The van der Waals surface area contributed by atoms with E-state index < -0.39 is 0 Å². The van der Waals surface area contributed by atoms with Crippen molar-refractivity contribution in [2.45, 2.75) is 71.5 Å². The molecule has 8 nitrogen and oxygen atoms in total. The van der Waals surface area contributed by atoms with Gasteiger partial charge in [-0.1, -0.05) is 6.07 Å². The maximum atomic E-state index is 12.3. The standard InChI is InChI=1S/C27H36N6O2/c1-18(34)30-14-9-22-20(16-30)5-6-25-23(22)4-3-13-32(25)27-24-17-31(19(2)35)15-10-26(24)33(29-27)21-7-11-28-12-8-21/h5-6,21,28H,3-4,7-17H2,1-2H3. The number of anilines is 2. The maximum absolute atomic E-state index is 12.3. The van der Waals surface area contributed by atoms with Gasteiger partial charge in [0, 0.05) is 63.4 Å². The van der Waals surface area contributed by atoms with Crippen molar-refractivity contribution >= 4 is 23.3 Å². The predicted octanol–water partition coefficient (Wildman–Crippen LogP) is 2.70. The number of carbonyl (C=O) groups is 2. The van der Waals surface area contributed by atoms with Crippen LogP contribution >= 0.6 is 0 Å². The van der Waals surface area contributed by atoms with Gasteiger partial charge in [-0.15, -0.1) is 0 Å². The molecule has 5 heterocycles. The van der Waals surface area contributed by atoms with Crippen LogP contribution in [-0.4, -0.2) is 64.1 Å². The number of fused-ring (bicyclic) bond motifs is 4. The molecule has 4 aliphatic heterocycles. The molecule has 1 N–H and O–H groups in total. The first-order valence-electron chi connectivity index (χ1n) is 13.2. The SMILES string of the molecule is CC(=O)N1CCc2c(ccc3c2CCCN3c2nn(C3CCNCC3)c3c2CN(C(C)=O)CC3)C1. The van der Waals surface area contributed by atoms with E-state index in [2.05, 4.69) is 27.0 Å². The molecule has 8 heteroatoms. The fourth-order valence-electron chi connectivity index (χ4n) is 6.54. The Morgan fingerprint density at radius 1 is 0.886 bits per heavy atom. The third kappa shape index (κ3) is 3.92. The highest BCUT2D eigenvalue weighted by Gasteiger charge is 2.34. The number of rotatable bonds is 2. The van der Waals surface area contributed by atoms with Gasteiger partial charge in [-0.3, -0.25) is 14.3 Å². The minimum Gasteiger partial charge on any atom is -0.338 e. The molecule has 6 rings (SSSR count). The molecular formula is C27H36N6O2. The molecule has 35 heavy (non-hydrogen) atoms. The smallest absolute Gasteiger partial charge is 0.219 e. The lowest BCUT2D eigenvalue weighted by molar-refractivity contribution is -0.130. The minimum atomic E-state index is 0.138. The van der Waals surface area contributed by atoms with Crippen LogP contribution in [0.25, 0.3) is 0 Å². The van der Waals surface area contributed by atoms with Crippen molar-refractivity contribution in [3.8, 4) is 0 Å². The zero-order chi connectivity index (χ0) is 24.1. The molecule has 0 saturated carbocycles. The van der Waals surface area contributed by atoms with Crippen LogP contribution in [0.5, 0.6) is 0 Å². The molecule has 186 valence electrons. The average Bonchev–Trinajstić information content (AvgIpc) is 3.27. The molecule has 2 aromatic rings. The van der Waals surface area contributed by atoms with E-state index in [1.165, 1.54) is 33.6 Å². The minimum absolute atomic E-state index is 0.138. The Labute approximate surface area is 207 Å².